The van der Waals surface area contributed by atoms with Crippen molar-refractivity contribution >= 4 is 27.5 Å². The van der Waals surface area contributed by atoms with Gasteiger partial charge in [0.2, 0.25) is 0 Å². The number of halogens is 2. The molecule has 0 N–H and O–H groups in total. The molecule has 2 aromatic rings. The minimum Gasteiger partial charge on any atom is -0.265 e. The Morgan fingerprint density at radius 1 is 1.05 bits per heavy atom. The summed E-state index contributed by atoms with van der Waals surface area (Å²) in [4.78, 5) is 0.624. The predicted molar refractivity (Wildman–Crippen MR) is 82.7 cm³/mol. The van der Waals surface area contributed by atoms with Gasteiger partial charge in [0, 0.05) is 11.4 Å². The number of thioether (sulfide) groups is 1. The standard InChI is InChI=1S/C15H13F2NO2S2/c16-12-7-6-11(10-13(12)17)22(19,20)18-8-3-9-21-15-5-2-1-4-14(15)18/h1-2,4-7,10H,3,8-9H2. The highest BCUT2D eigenvalue weighted by Crippen LogP contribution is 2.36. The first-order chi connectivity index (χ1) is 10.5. The van der Waals surface area contributed by atoms with Crippen molar-refractivity contribution in [1.29, 1.82) is 0 Å². The third kappa shape index (κ3) is 2.70. The molecule has 3 nitrogen and oxygen atoms in total. The minimum absolute atomic E-state index is 0.242. The number of hydrogen-bond acceptors (Lipinski definition) is 3. The summed E-state index contributed by atoms with van der Waals surface area (Å²) in [5, 5.41) is 0. The molecule has 0 saturated carbocycles. The van der Waals surface area contributed by atoms with E-state index in [1.54, 1.807) is 23.9 Å². The second kappa shape index (κ2) is 5.89. The molecule has 0 aromatic heterocycles. The molecule has 0 spiro atoms. The Hall–Kier alpha value is -1.60. The zero-order valence-electron chi connectivity index (χ0n) is 11.5. The molecule has 0 amide bonds. The third-order valence-electron chi connectivity index (χ3n) is 3.38. The largest absolute Gasteiger partial charge is 0.265 e. The van der Waals surface area contributed by atoms with E-state index < -0.39 is 21.7 Å². The van der Waals surface area contributed by atoms with Crippen LogP contribution in [0, 0.1) is 11.6 Å². The van der Waals surface area contributed by atoms with E-state index in [9.17, 15) is 17.2 Å². The number of sulfonamides is 1. The van der Waals surface area contributed by atoms with Crippen LogP contribution < -0.4 is 4.31 Å². The van der Waals surface area contributed by atoms with Gasteiger partial charge >= 0.3 is 0 Å². The van der Waals surface area contributed by atoms with E-state index in [0.717, 1.165) is 28.8 Å². The van der Waals surface area contributed by atoms with Crippen molar-refractivity contribution in [2.45, 2.75) is 16.2 Å². The fourth-order valence-electron chi connectivity index (χ4n) is 2.31. The third-order valence-corrected chi connectivity index (χ3v) is 6.33. The van der Waals surface area contributed by atoms with Crippen molar-refractivity contribution in [3.8, 4) is 0 Å². The van der Waals surface area contributed by atoms with Crippen LogP contribution in [0.5, 0.6) is 0 Å². The lowest BCUT2D eigenvalue weighted by molar-refractivity contribution is 0.504. The molecule has 0 radical (unpaired) electrons. The number of fused-ring (bicyclic) bond motifs is 1. The van der Waals surface area contributed by atoms with Gasteiger partial charge in [-0.2, -0.15) is 0 Å². The zero-order valence-corrected chi connectivity index (χ0v) is 13.1. The van der Waals surface area contributed by atoms with Gasteiger partial charge in [0.15, 0.2) is 11.6 Å². The number of benzene rings is 2. The van der Waals surface area contributed by atoms with Gasteiger partial charge in [0.05, 0.1) is 10.6 Å². The Bertz CT molecular complexity index is 809. The van der Waals surface area contributed by atoms with Gasteiger partial charge in [-0.05, 0) is 42.5 Å². The van der Waals surface area contributed by atoms with Gasteiger partial charge < -0.3 is 0 Å². The SMILES string of the molecule is O=S(=O)(c1ccc(F)c(F)c1)N1CCCSc2ccccc21. The molecular weight excluding hydrogens is 328 g/mol. The summed E-state index contributed by atoms with van der Waals surface area (Å²) in [7, 11) is -3.92. The van der Waals surface area contributed by atoms with Crippen LogP contribution in [-0.4, -0.2) is 20.7 Å². The lowest BCUT2D eigenvalue weighted by Crippen LogP contribution is -2.32. The lowest BCUT2D eigenvalue weighted by atomic mass is 10.3. The normalized spacial score (nSPS) is 15.3. The molecule has 7 heteroatoms. The van der Waals surface area contributed by atoms with E-state index >= 15 is 0 Å². The van der Waals surface area contributed by atoms with Crippen LogP contribution in [0.3, 0.4) is 0 Å². The second-order valence-electron chi connectivity index (χ2n) is 4.82. The Balaban J connectivity index is 2.10. The van der Waals surface area contributed by atoms with Gasteiger partial charge in [-0.15, -0.1) is 11.8 Å². The van der Waals surface area contributed by atoms with Gasteiger partial charge in [0.1, 0.15) is 0 Å². The Morgan fingerprint density at radius 2 is 1.82 bits per heavy atom. The van der Waals surface area contributed by atoms with Crippen molar-refractivity contribution < 1.29 is 17.2 Å². The molecule has 0 atom stereocenters. The quantitative estimate of drug-likeness (QED) is 0.837. The summed E-state index contributed by atoms with van der Waals surface area (Å²) in [5.74, 6) is -1.43. The number of anilines is 1. The van der Waals surface area contributed by atoms with Gasteiger partial charge in [-0.1, -0.05) is 12.1 Å². The summed E-state index contributed by atoms with van der Waals surface area (Å²) < 4.78 is 53.3. The number of para-hydroxylation sites is 1. The minimum atomic E-state index is -3.92. The number of nitrogens with zero attached hydrogens (tertiary/aromatic N) is 1. The summed E-state index contributed by atoms with van der Waals surface area (Å²) in [5.41, 5.74) is 0.578. The van der Waals surface area contributed by atoms with E-state index in [4.69, 9.17) is 0 Å². The van der Waals surface area contributed by atoms with E-state index in [1.165, 1.54) is 4.31 Å². The molecule has 0 unspecified atom stereocenters. The fourth-order valence-corrected chi connectivity index (χ4v) is 4.90. The van der Waals surface area contributed by atoms with Crippen LogP contribution in [-0.2, 0) is 10.0 Å². The average Bonchev–Trinajstić information content (AvgIpc) is 2.72. The van der Waals surface area contributed by atoms with E-state index in [1.807, 2.05) is 12.1 Å². The number of hydrogen-bond donors (Lipinski definition) is 0. The summed E-state index contributed by atoms with van der Waals surface area (Å²) in [6, 6.07) is 9.85. The molecular formula is C15H13F2NO2S2. The van der Waals surface area contributed by atoms with Crippen LogP contribution in [0.4, 0.5) is 14.5 Å². The second-order valence-corrected chi connectivity index (χ2v) is 7.82. The average molecular weight is 341 g/mol. The molecule has 1 aliphatic rings. The smallest absolute Gasteiger partial charge is 0.264 e. The molecule has 1 aliphatic heterocycles. The van der Waals surface area contributed by atoms with Crippen LogP contribution >= 0.6 is 11.8 Å². The van der Waals surface area contributed by atoms with Gasteiger partial charge in [-0.25, -0.2) is 17.2 Å². The molecule has 22 heavy (non-hydrogen) atoms. The van der Waals surface area contributed by atoms with E-state index in [2.05, 4.69) is 0 Å². The van der Waals surface area contributed by atoms with Gasteiger partial charge in [0.25, 0.3) is 10.0 Å². The monoisotopic (exact) mass is 341 g/mol. The summed E-state index contributed by atoms with van der Waals surface area (Å²) in [6.07, 6.45) is 0.683. The molecule has 1 heterocycles. The molecule has 0 fully saturated rings. The highest BCUT2D eigenvalue weighted by atomic mass is 32.2. The van der Waals surface area contributed by atoms with Crippen LogP contribution in [0.1, 0.15) is 6.42 Å². The first kappa shape index (κ1) is 15.3. The molecule has 0 bridgehead atoms. The molecule has 3 rings (SSSR count). The molecule has 2 aromatic carbocycles. The van der Waals surface area contributed by atoms with Crippen LogP contribution in [0.25, 0.3) is 0 Å². The van der Waals surface area contributed by atoms with Crippen molar-refractivity contribution in [2.24, 2.45) is 0 Å². The highest BCUT2D eigenvalue weighted by molar-refractivity contribution is 7.99. The van der Waals surface area contributed by atoms with E-state index in [0.29, 0.717) is 18.7 Å². The molecule has 116 valence electrons. The maximum atomic E-state index is 13.4. The topological polar surface area (TPSA) is 37.4 Å². The van der Waals surface area contributed by atoms with Gasteiger partial charge in [-0.3, -0.25) is 4.31 Å². The zero-order chi connectivity index (χ0) is 15.7. The first-order valence-electron chi connectivity index (χ1n) is 6.70. The summed E-state index contributed by atoms with van der Waals surface area (Å²) >= 11 is 1.59. The Labute approximate surface area is 132 Å². The van der Waals surface area contributed by atoms with E-state index in [-0.39, 0.29) is 4.90 Å². The van der Waals surface area contributed by atoms with Crippen LogP contribution in [0.2, 0.25) is 0 Å². The highest BCUT2D eigenvalue weighted by Gasteiger charge is 2.28. The maximum Gasteiger partial charge on any atom is 0.264 e. The maximum absolute atomic E-state index is 13.4. The predicted octanol–water partition coefficient (Wildman–Crippen LogP) is 3.66. The molecule has 0 aliphatic carbocycles. The summed E-state index contributed by atoms with van der Waals surface area (Å²) in [6.45, 7) is 0.311. The van der Waals surface area contributed by atoms with Crippen molar-refractivity contribution in [1.82, 2.24) is 0 Å². The first-order valence-corrected chi connectivity index (χ1v) is 9.12. The number of rotatable bonds is 2. The molecule has 0 saturated heterocycles. The van der Waals surface area contributed by atoms with Crippen molar-refractivity contribution in [2.75, 3.05) is 16.6 Å². The van der Waals surface area contributed by atoms with Crippen molar-refractivity contribution in [3.63, 3.8) is 0 Å². The fraction of sp³-hybridized carbons (Fsp3) is 0.200. The van der Waals surface area contributed by atoms with Crippen LogP contribution in [0.15, 0.2) is 52.3 Å². The lowest BCUT2D eigenvalue weighted by Gasteiger charge is -2.24. The Kier molecular flexibility index (Phi) is 4.10. The van der Waals surface area contributed by atoms with Crippen molar-refractivity contribution in [3.05, 3.63) is 54.1 Å². The Morgan fingerprint density at radius 3 is 2.59 bits per heavy atom.